The van der Waals surface area contributed by atoms with E-state index < -0.39 is 17.5 Å². The SMILES string of the molecule is C[C@@H](c1cccnc1)N(C)C(=O)c1cc(F)c(Cl)cc1F. The molecule has 6 heteroatoms. The zero-order chi connectivity index (χ0) is 15.6. The minimum absolute atomic E-state index is 0.329. The van der Waals surface area contributed by atoms with Crippen LogP contribution in [0.3, 0.4) is 0 Å². The van der Waals surface area contributed by atoms with Crippen LogP contribution in [0.5, 0.6) is 0 Å². The van der Waals surface area contributed by atoms with Crippen LogP contribution in [0.15, 0.2) is 36.7 Å². The van der Waals surface area contributed by atoms with Crippen LogP contribution in [0.2, 0.25) is 5.02 Å². The first kappa shape index (κ1) is 15.4. The highest BCUT2D eigenvalue weighted by Crippen LogP contribution is 2.24. The lowest BCUT2D eigenvalue weighted by molar-refractivity contribution is 0.0737. The summed E-state index contributed by atoms with van der Waals surface area (Å²) in [5, 5.41) is -0.355. The van der Waals surface area contributed by atoms with Gasteiger partial charge in [-0.3, -0.25) is 9.78 Å². The van der Waals surface area contributed by atoms with Crippen molar-refractivity contribution in [2.45, 2.75) is 13.0 Å². The number of pyridine rings is 1. The number of hydrogen-bond donors (Lipinski definition) is 0. The molecule has 1 aromatic heterocycles. The molecule has 2 rings (SSSR count). The fourth-order valence-corrected chi connectivity index (χ4v) is 2.05. The Balaban J connectivity index is 2.30. The molecule has 0 bridgehead atoms. The van der Waals surface area contributed by atoms with Crippen LogP contribution >= 0.6 is 11.6 Å². The Morgan fingerprint density at radius 2 is 2.05 bits per heavy atom. The van der Waals surface area contributed by atoms with Crippen LogP contribution in [-0.4, -0.2) is 22.8 Å². The summed E-state index contributed by atoms with van der Waals surface area (Å²) in [6, 6.07) is 4.83. The van der Waals surface area contributed by atoms with Crippen molar-refractivity contribution < 1.29 is 13.6 Å². The van der Waals surface area contributed by atoms with Gasteiger partial charge in [-0.2, -0.15) is 0 Å². The molecule has 1 aromatic carbocycles. The second-order valence-electron chi connectivity index (χ2n) is 4.62. The normalized spacial score (nSPS) is 12.0. The number of benzene rings is 1. The van der Waals surface area contributed by atoms with Crippen molar-refractivity contribution in [1.29, 1.82) is 0 Å². The van der Waals surface area contributed by atoms with Crippen LogP contribution < -0.4 is 0 Å². The van der Waals surface area contributed by atoms with Gasteiger partial charge in [0.1, 0.15) is 11.6 Å². The van der Waals surface area contributed by atoms with E-state index in [1.807, 2.05) is 0 Å². The fraction of sp³-hybridized carbons (Fsp3) is 0.200. The molecule has 1 amide bonds. The summed E-state index contributed by atoms with van der Waals surface area (Å²) >= 11 is 5.48. The predicted octanol–water partition coefficient (Wildman–Crippen LogP) is 3.85. The van der Waals surface area contributed by atoms with Gasteiger partial charge in [0, 0.05) is 19.4 Å². The summed E-state index contributed by atoms with van der Waals surface area (Å²) in [5.74, 6) is -2.31. The maximum atomic E-state index is 13.8. The Hall–Kier alpha value is -2.01. The standard InChI is InChI=1S/C15H13ClF2N2O/c1-9(10-4-3-5-19-8-10)20(2)15(21)11-6-14(18)12(16)7-13(11)17/h3-9H,1-2H3/t9-/m0/s1. The predicted molar refractivity (Wildman–Crippen MR) is 76.1 cm³/mol. The molecule has 0 saturated carbocycles. The zero-order valence-electron chi connectivity index (χ0n) is 11.5. The van der Waals surface area contributed by atoms with Crippen LogP contribution in [0.25, 0.3) is 0 Å². The second kappa shape index (κ2) is 6.18. The molecule has 0 radical (unpaired) electrons. The smallest absolute Gasteiger partial charge is 0.257 e. The first-order valence-corrected chi connectivity index (χ1v) is 6.61. The van der Waals surface area contributed by atoms with Gasteiger partial charge in [-0.05, 0) is 30.7 Å². The van der Waals surface area contributed by atoms with Crippen LogP contribution in [0.1, 0.15) is 28.9 Å². The van der Waals surface area contributed by atoms with E-state index in [0.29, 0.717) is 0 Å². The Morgan fingerprint density at radius 1 is 1.33 bits per heavy atom. The number of rotatable bonds is 3. The lowest BCUT2D eigenvalue weighted by Crippen LogP contribution is -2.30. The van der Waals surface area contributed by atoms with E-state index in [1.165, 1.54) is 11.9 Å². The first-order chi connectivity index (χ1) is 9.91. The molecule has 0 aliphatic carbocycles. The molecule has 1 atom stereocenters. The number of halogens is 3. The second-order valence-corrected chi connectivity index (χ2v) is 5.03. The van der Waals surface area contributed by atoms with Crippen molar-refractivity contribution in [3.8, 4) is 0 Å². The number of carbonyl (C=O) groups is 1. The van der Waals surface area contributed by atoms with Crippen molar-refractivity contribution in [2.75, 3.05) is 7.05 Å². The minimum Gasteiger partial charge on any atom is -0.335 e. The molecule has 21 heavy (non-hydrogen) atoms. The quantitative estimate of drug-likeness (QED) is 0.807. The molecule has 0 spiro atoms. The van der Waals surface area contributed by atoms with Gasteiger partial charge in [0.15, 0.2) is 0 Å². The summed E-state index contributed by atoms with van der Waals surface area (Å²) in [6.45, 7) is 1.78. The van der Waals surface area contributed by atoms with E-state index >= 15 is 0 Å². The van der Waals surface area contributed by atoms with E-state index in [4.69, 9.17) is 11.6 Å². The number of hydrogen-bond acceptors (Lipinski definition) is 2. The molecule has 110 valence electrons. The largest absolute Gasteiger partial charge is 0.335 e. The Morgan fingerprint density at radius 3 is 2.67 bits per heavy atom. The summed E-state index contributed by atoms with van der Waals surface area (Å²) in [4.78, 5) is 17.6. The fourth-order valence-electron chi connectivity index (χ4n) is 1.90. The lowest BCUT2D eigenvalue weighted by atomic mass is 10.1. The highest BCUT2D eigenvalue weighted by molar-refractivity contribution is 6.30. The molecule has 0 unspecified atom stereocenters. The maximum Gasteiger partial charge on any atom is 0.257 e. The number of amides is 1. The average molecular weight is 311 g/mol. The van der Waals surface area contributed by atoms with Crippen LogP contribution in [0, 0.1) is 11.6 Å². The summed E-state index contributed by atoms with van der Waals surface area (Å²) < 4.78 is 27.2. The van der Waals surface area contributed by atoms with Gasteiger partial charge in [-0.1, -0.05) is 17.7 Å². The van der Waals surface area contributed by atoms with E-state index in [1.54, 1.807) is 31.5 Å². The van der Waals surface area contributed by atoms with E-state index in [-0.39, 0.29) is 16.6 Å². The van der Waals surface area contributed by atoms with Gasteiger partial charge in [0.05, 0.1) is 16.6 Å². The number of carbonyl (C=O) groups excluding carboxylic acids is 1. The van der Waals surface area contributed by atoms with Gasteiger partial charge in [-0.25, -0.2) is 8.78 Å². The molecule has 0 fully saturated rings. The van der Waals surface area contributed by atoms with Gasteiger partial charge in [0.2, 0.25) is 0 Å². The molecule has 1 heterocycles. The van der Waals surface area contributed by atoms with Gasteiger partial charge >= 0.3 is 0 Å². The van der Waals surface area contributed by atoms with Crippen LogP contribution in [0.4, 0.5) is 8.78 Å². The van der Waals surface area contributed by atoms with Gasteiger partial charge in [0.25, 0.3) is 5.91 Å². The molecular formula is C15H13ClF2N2O. The summed E-state index contributed by atoms with van der Waals surface area (Å²) in [5.41, 5.74) is 0.443. The third-order valence-electron chi connectivity index (χ3n) is 3.31. The van der Waals surface area contributed by atoms with Gasteiger partial charge < -0.3 is 4.90 Å². The minimum atomic E-state index is -0.850. The topological polar surface area (TPSA) is 33.2 Å². The molecule has 3 nitrogen and oxygen atoms in total. The third-order valence-corrected chi connectivity index (χ3v) is 3.60. The molecule has 0 N–H and O–H groups in total. The van der Waals surface area contributed by atoms with E-state index in [2.05, 4.69) is 4.98 Å². The van der Waals surface area contributed by atoms with E-state index in [0.717, 1.165) is 17.7 Å². The zero-order valence-corrected chi connectivity index (χ0v) is 12.2. The number of nitrogens with zero attached hydrogens (tertiary/aromatic N) is 2. The van der Waals surface area contributed by atoms with E-state index in [9.17, 15) is 13.6 Å². The molecule has 0 saturated heterocycles. The highest BCUT2D eigenvalue weighted by Gasteiger charge is 2.23. The van der Waals surface area contributed by atoms with Crippen molar-refractivity contribution in [3.05, 3.63) is 64.4 Å². The Bertz CT molecular complexity index is 664. The molecule has 0 aliphatic rings. The highest BCUT2D eigenvalue weighted by atomic mass is 35.5. The van der Waals surface area contributed by atoms with Crippen molar-refractivity contribution >= 4 is 17.5 Å². The third kappa shape index (κ3) is 3.19. The maximum absolute atomic E-state index is 13.8. The average Bonchev–Trinajstić information content (AvgIpc) is 2.49. The van der Waals surface area contributed by atoms with Crippen molar-refractivity contribution in [1.82, 2.24) is 9.88 Å². The summed E-state index contributed by atoms with van der Waals surface area (Å²) in [7, 11) is 1.52. The Labute approximate surface area is 126 Å². The van der Waals surface area contributed by atoms with Crippen LogP contribution in [-0.2, 0) is 0 Å². The first-order valence-electron chi connectivity index (χ1n) is 6.23. The molecule has 0 aliphatic heterocycles. The molecule has 2 aromatic rings. The van der Waals surface area contributed by atoms with Gasteiger partial charge in [-0.15, -0.1) is 0 Å². The summed E-state index contributed by atoms with van der Waals surface area (Å²) in [6.07, 6.45) is 3.24. The lowest BCUT2D eigenvalue weighted by Gasteiger charge is -2.25. The van der Waals surface area contributed by atoms with Crippen molar-refractivity contribution in [2.24, 2.45) is 0 Å². The monoisotopic (exact) mass is 310 g/mol. The Kier molecular flexibility index (Phi) is 4.53. The number of aromatic nitrogens is 1. The van der Waals surface area contributed by atoms with Crippen molar-refractivity contribution in [3.63, 3.8) is 0 Å². The molecular weight excluding hydrogens is 298 g/mol.